The molecule has 0 heterocycles. The van der Waals surface area contributed by atoms with Crippen molar-refractivity contribution in [2.24, 2.45) is 0 Å². The maximum atomic E-state index is 12.7. The third-order valence-corrected chi connectivity index (χ3v) is 3.17. The number of rotatable bonds is 4. The minimum atomic E-state index is -4.52. The summed E-state index contributed by atoms with van der Waals surface area (Å²) in [7, 11) is 0. The van der Waals surface area contributed by atoms with Crippen molar-refractivity contribution >= 4 is 21.8 Å². The zero-order valence-corrected chi connectivity index (χ0v) is 11.7. The number of carbonyl (C=O) groups is 1. The first-order valence-corrected chi connectivity index (χ1v) is 6.33. The van der Waals surface area contributed by atoms with Crippen molar-refractivity contribution in [2.75, 3.05) is 6.61 Å². The van der Waals surface area contributed by atoms with Crippen molar-refractivity contribution in [3.8, 4) is 0 Å². The van der Waals surface area contributed by atoms with Crippen LogP contribution in [0.4, 0.5) is 13.2 Å². The summed E-state index contributed by atoms with van der Waals surface area (Å²) in [6, 6.07) is 2.98. The van der Waals surface area contributed by atoms with Gasteiger partial charge in [-0.05, 0) is 31.5 Å². The summed E-state index contributed by atoms with van der Waals surface area (Å²) < 4.78 is 37.9. The molecule has 1 aromatic carbocycles. The molecule has 0 aliphatic heterocycles. The smallest absolute Gasteiger partial charge is 0.396 e. The SMILES string of the molecule is C[C@H](CCO)NC(=O)c1ccc(Br)c(C(F)(F)F)c1. The molecule has 0 bridgehead atoms. The van der Waals surface area contributed by atoms with Crippen molar-refractivity contribution in [1.29, 1.82) is 0 Å². The predicted molar refractivity (Wildman–Crippen MR) is 67.8 cm³/mol. The van der Waals surface area contributed by atoms with Gasteiger partial charge in [-0.15, -0.1) is 0 Å². The van der Waals surface area contributed by atoms with Crippen LogP contribution < -0.4 is 5.32 Å². The van der Waals surface area contributed by atoms with E-state index in [1.165, 1.54) is 12.1 Å². The van der Waals surface area contributed by atoms with Crippen LogP contribution in [0.3, 0.4) is 0 Å². The van der Waals surface area contributed by atoms with Gasteiger partial charge in [-0.2, -0.15) is 13.2 Å². The summed E-state index contributed by atoms with van der Waals surface area (Å²) in [5.41, 5.74) is -0.963. The van der Waals surface area contributed by atoms with E-state index in [0.29, 0.717) is 6.42 Å². The van der Waals surface area contributed by atoms with E-state index in [0.717, 1.165) is 6.07 Å². The largest absolute Gasteiger partial charge is 0.417 e. The van der Waals surface area contributed by atoms with Crippen molar-refractivity contribution in [3.63, 3.8) is 0 Å². The number of amides is 1. The van der Waals surface area contributed by atoms with Crippen LogP contribution in [0.2, 0.25) is 0 Å². The molecule has 1 rings (SSSR count). The molecule has 0 radical (unpaired) electrons. The molecule has 1 atom stereocenters. The Balaban J connectivity index is 2.93. The maximum Gasteiger partial charge on any atom is 0.417 e. The second kappa shape index (κ2) is 6.38. The second-order valence-corrected chi connectivity index (χ2v) is 4.93. The van der Waals surface area contributed by atoms with Gasteiger partial charge < -0.3 is 10.4 Å². The molecule has 0 unspecified atom stereocenters. The van der Waals surface area contributed by atoms with Crippen molar-refractivity contribution < 1.29 is 23.1 Å². The molecule has 0 fully saturated rings. The van der Waals surface area contributed by atoms with E-state index in [9.17, 15) is 18.0 Å². The minimum absolute atomic E-state index is 0.0692. The maximum absolute atomic E-state index is 12.7. The fourth-order valence-corrected chi connectivity index (χ4v) is 1.93. The topological polar surface area (TPSA) is 49.3 Å². The average Bonchev–Trinajstić information content (AvgIpc) is 2.27. The minimum Gasteiger partial charge on any atom is -0.396 e. The first kappa shape index (κ1) is 16.0. The lowest BCUT2D eigenvalue weighted by Crippen LogP contribution is -2.33. The molecule has 1 aromatic rings. The van der Waals surface area contributed by atoms with Crippen LogP contribution in [0.1, 0.15) is 29.3 Å². The molecular formula is C12H13BrF3NO2. The fraction of sp³-hybridized carbons (Fsp3) is 0.417. The summed E-state index contributed by atoms with van der Waals surface area (Å²) in [5, 5.41) is 11.2. The van der Waals surface area contributed by atoms with E-state index in [1.54, 1.807) is 6.92 Å². The molecule has 7 heteroatoms. The molecule has 0 aliphatic rings. The quantitative estimate of drug-likeness (QED) is 0.885. The molecule has 2 N–H and O–H groups in total. The van der Waals surface area contributed by atoms with Crippen LogP contribution in [0.5, 0.6) is 0 Å². The van der Waals surface area contributed by atoms with Crippen LogP contribution >= 0.6 is 15.9 Å². The van der Waals surface area contributed by atoms with Gasteiger partial charge in [0.05, 0.1) is 5.56 Å². The molecule has 1 amide bonds. The zero-order valence-electron chi connectivity index (χ0n) is 10.1. The van der Waals surface area contributed by atoms with E-state index in [1.807, 2.05) is 0 Å². The average molecular weight is 340 g/mol. The third kappa shape index (κ3) is 4.50. The molecule has 0 aromatic heterocycles. The van der Waals surface area contributed by atoms with Crippen LogP contribution in [0, 0.1) is 0 Å². The molecule has 3 nitrogen and oxygen atoms in total. The number of carbonyl (C=O) groups excluding carboxylic acids is 1. The summed E-state index contributed by atoms with van der Waals surface area (Å²) in [6.07, 6.45) is -4.18. The Labute approximate surface area is 116 Å². The monoisotopic (exact) mass is 339 g/mol. The summed E-state index contributed by atoms with van der Waals surface area (Å²) >= 11 is 2.81. The highest BCUT2D eigenvalue weighted by Gasteiger charge is 2.33. The second-order valence-electron chi connectivity index (χ2n) is 4.08. The Morgan fingerprint density at radius 2 is 2.11 bits per heavy atom. The van der Waals surface area contributed by atoms with Gasteiger partial charge in [-0.1, -0.05) is 15.9 Å². The molecule has 0 spiro atoms. The Kier molecular flexibility index (Phi) is 5.37. The first-order valence-electron chi connectivity index (χ1n) is 5.54. The van der Waals surface area contributed by atoms with Crippen molar-refractivity contribution in [1.82, 2.24) is 5.32 Å². The summed E-state index contributed by atoms with van der Waals surface area (Å²) in [4.78, 5) is 11.7. The number of benzene rings is 1. The Morgan fingerprint density at radius 3 is 2.63 bits per heavy atom. The lowest BCUT2D eigenvalue weighted by Gasteiger charge is -2.14. The third-order valence-electron chi connectivity index (χ3n) is 2.47. The molecular weight excluding hydrogens is 327 g/mol. The Morgan fingerprint density at radius 1 is 1.47 bits per heavy atom. The number of hydrogen-bond donors (Lipinski definition) is 2. The van der Waals surface area contributed by atoms with E-state index in [-0.39, 0.29) is 22.7 Å². The van der Waals surface area contributed by atoms with Gasteiger partial charge >= 0.3 is 6.18 Å². The molecule has 0 aliphatic carbocycles. The van der Waals surface area contributed by atoms with Crippen LogP contribution in [-0.4, -0.2) is 23.7 Å². The summed E-state index contributed by atoms with van der Waals surface area (Å²) in [5.74, 6) is -0.598. The lowest BCUT2D eigenvalue weighted by atomic mass is 10.1. The number of hydrogen-bond acceptors (Lipinski definition) is 2. The van der Waals surface area contributed by atoms with Gasteiger partial charge in [0, 0.05) is 22.7 Å². The van der Waals surface area contributed by atoms with Gasteiger partial charge in [0.15, 0.2) is 0 Å². The van der Waals surface area contributed by atoms with Gasteiger partial charge in [-0.25, -0.2) is 0 Å². The Bertz CT molecular complexity index is 463. The van der Waals surface area contributed by atoms with E-state index >= 15 is 0 Å². The highest BCUT2D eigenvalue weighted by molar-refractivity contribution is 9.10. The van der Waals surface area contributed by atoms with E-state index < -0.39 is 17.6 Å². The van der Waals surface area contributed by atoms with Crippen molar-refractivity contribution in [2.45, 2.75) is 25.6 Å². The number of halogens is 4. The van der Waals surface area contributed by atoms with Gasteiger partial charge in [0.1, 0.15) is 0 Å². The number of nitrogens with one attached hydrogen (secondary N) is 1. The van der Waals surface area contributed by atoms with Crippen LogP contribution in [-0.2, 0) is 6.18 Å². The number of aliphatic hydroxyl groups is 1. The van der Waals surface area contributed by atoms with Gasteiger partial charge in [0.25, 0.3) is 5.91 Å². The number of aliphatic hydroxyl groups excluding tert-OH is 1. The van der Waals surface area contributed by atoms with E-state index in [2.05, 4.69) is 21.2 Å². The summed E-state index contributed by atoms with van der Waals surface area (Å²) in [6.45, 7) is 1.56. The highest BCUT2D eigenvalue weighted by atomic mass is 79.9. The van der Waals surface area contributed by atoms with Crippen LogP contribution in [0.25, 0.3) is 0 Å². The zero-order chi connectivity index (χ0) is 14.6. The molecule has 0 saturated carbocycles. The molecule has 106 valence electrons. The van der Waals surface area contributed by atoms with Crippen molar-refractivity contribution in [3.05, 3.63) is 33.8 Å². The lowest BCUT2D eigenvalue weighted by molar-refractivity contribution is -0.138. The van der Waals surface area contributed by atoms with Gasteiger partial charge in [0.2, 0.25) is 0 Å². The highest BCUT2D eigenvalue weighted by Crippen LogP contribution is 2.35. The standard InChI is InChI=1S/C12H13BrF3NO2/c1-7(4-5-18)17-11(19)8-2-3-10(13)9(6-8)12(14,15)16/h2-3,6-7,18H,4-5H2,1H3,(H,17,19)/t7-/m1/s1. The fourth-order valence-electron chi connectivity index (χ4n) is 1.46. The Hall–Kier alpha value is -1.08. The van der Waals surface area contributed by atoms with E-state index in [4.69, 9.17) is 5.11 Å². The first-order chi connectivity index (χ1) is 8.75. The predicted octanol–water partition coefficient (Wildman–Crippen LogP) is 2.97. The normalized spacial score (nSPS) is 13.2. The number of alkyl halides is 3. The molecule has 19 heavy (non-hydrogen) atoms. The van der Waals surface area contributed by atoms with Crippen LogP contribution in [0.15, 0.2) is 22.7 Å². The van der Waals surface area contributed by atoms with Gasteiger partial charge in [-0.3, -0.25) is 4.79 Å². The molecule has 0 saturated heterocycles.